The molecular formula is C16H12N6OS. The first kappa shape index (κ1) is 14.5. The Bertz CT molecular complexity index is 1020. The van der Waals surface area contributed by atoms with Gasteiger partial charge in [0.15, 0.2) is 10.8 Å². The molecule has 4 aromatic rings. The number of amides is 1. The van der Waals surface area contributed by atoms with Gasteiger partial charge in [-0.2, -0.15) is 0 Å². The smallest absolute Gasteiger partial charge is 0.279 e. The van der Waals surface area contributed by atoms with Gasteiger partial charge in [0.05, 0.1) is 16.9 Å². The minimum atomic E-state index is -0.332. The van der Waals surface area contributed by atoms with Crippen LogP contribution in [0.4, 0.5) is 5.13 Å². The zero-order valence-corrected chi connectivity index (χ0v) is 13.5. The Morgan fingerprint density at radius 1 is 1.17 bits per heavy atom. The summed E-state index contributed by atoms with van der Waals surface area (Å²) in [6.07, 6.45) is 3.36. The second-order valence-corrected chi connectivity index (χ2v) is 5.97. The molecule has 0 saturated heterocycles. The van der Waals surface area contributed by atoms with Crippen molar-refractivity contribution in [1.29, 1.82) is 0 Å². The van der Waals surface area contributed by atoms with E-state index in [9.17, 15) is 4.79 Å². The number of nitrogens with one attached hydrogen (secondary N) is 1. The number of benzene rings is 1. The molecule has 3 heterocycles. The van der Waals surface area contributed by atoms with Gasteiger partial charge in [-0.15, -0.1) is 16.4 Å². The van der Waals surface area contributed by atoms with Crippen molar-refractivity contribution in [2.24, 2.45) is 0 Å². The predicted molar refractivity (Wildman–Crippen MR) is 91.5 cm³/mol. The number of carbonyl (C=O) groups excluding carboxylic acids is 1. The van der Waals surface area contributed by atoms with E-state index in [1.54, 1.807) is 29.4 Å². The molecule has 0 radical (unpaired) electrons. The normalized spacial score (nSPS) is 10.9. The first-order valence-electron chi connectivity index (χ1n) is 7.21. The summed E-state index contributed by atoms with van der Waals surface area (Å²) in [5.41, 5.74) is 2.49. The molecule has 0 fully saturated rings. The summed E-state index contributed by atoms with van der Waals surface area (Å²) in [6, 6.07) is 9.67. The average molecular weight is 336 g/mol. The number of anilines is 1. The molecule has 4 rings (SSSR count). The van der Waals surface area contributed by atoms with Crippen LogP contribution in [0.1, 0.15) is 16.2 Å². The highest BCUT2D eigenvalue weighted by Crippen LogP contribution is 2.21. The first-order chi connectivity index (χ1) is 11.7. The largest absolute Gasteiger partial charge is 0.296 e. The summed E-state index contributed by atoms with van der Waals surface area (Å²) in [5, 5.41) is 14.2. The van der Waals surface area contributed by atoms with Crippen LogP contribution in [0.25, 0.3) is 16.6 Å². The van der Waals surface area contributed by atoms with Crippen molar-refractivity contribution < 1.29 is 4.79 Å². The molecule has 0 aliphatic carbocycles. The van der Waals surface area contributed by atoms with Gasteiger partial charge in [-0.05, 0) is 19.1 Å². The summed E-state index contributed by atoms with van der Waals surface area (Å²) >= 11 is 1.35. The fourth-order valence-corrected chi connectivity index (χ4v) is 2.99. The van der Waals surface area contributed by atoms with E-state index in [1.807, 2.05) is 30.3 Å². The van der Waals surface area contributed by atoms with Gasteiger partial charge in [-0.25, -0.2) is 9.67 Å². The number of fused-ring (bicyclic) bond motifs is 1. The van der Waals surface area contributed by atoms with Gasteiger partial charge in [-0.1, -0.05) is 23.4 Å². The lowest BCUT2D eigenvalue weighted by Crippen LogP contribution is -2.14. The molecule has 0 bridgehead atoms. The van der Waals surface area contributed by atoms with Crippen LogP contribution in [-0.2, 0) is 0 Å². The van der Waals surface area contributed by atoms with Crippen LogP contribution in [0.15, 0.2) is 48.1 Å². The van der Waals surface area contributed by atoms with Gasteiger partial charge in [0.25, 0.3) is 5.91 Å². The lowest BCUT2D eigenvalue weighted by molar-refractivity contribution is 0.102. The molecule has 0 saturated carbocycles. The van der Waals surface area contributed by atoms with Crippen LogP contribution in [-0.4, -0.2) is 30.9 Å². The quantitative estimate of drug-likeness (QED) is 0.622. The van der Waals surface area contributed by atoms with Crippen LogP contribution in [0.3, 0.4) is 0 Å². The van der Waals surface area contributed by atoms with E-state index in [0.717, 1.165) is 16.6 Å². The molecule has 1 N–H and O–H groups in total. The van der Waals surface area contributed by atoms with Gasteiger partial charge in [0.1, 0.15) is 0 Å². The standard InChI is InChI=1S/C16H12N6OS/c1-10-13(15(23)19-16-18-8-9-24-16)20-21-22(10)12-6-2-4-11-5-3-7-17-14(11)12/h2-9H,1H3,(H,18,19,23). The first-order valence-corrected chi connectivity index (χ1v) is 8.09. The third-order valence-electron chi connectivity index (χ3n) is 3.60. The van der Waals surface area contributed by atoms with Crippen molar-refractivity contribution in [3.8, 4) is 5.69 Å². The minimum Gasteiger partial charge on any atom is -0.296 e. The highest BCUT2D eigenvalue weighted by molar-refractivity contribution is 7.13. The molecule has 24 heavy (non-hydrogen) atoms. The van der Waals surface area contributed by atoms with E-state index < -0.39 is 0 Å². The van der Waals surface area contributed by atoms with Gasteiger partial charge in [0.2, 0.25) is 0 Å². The van der Waals surface area contributed by atoms with Crippen molar-refractivity contribution >= 4 is 33.3 Å². The van der Waals surface area contributed by atoms with Crippen molar-refractivity contribution in [3.63, 3.8) is 0 Å². The van der Waals surface area contributed by atoms with Crippen molar-refractivity contribution in [2.45, 2.75) is 6.92 Å². The number of aromatic nitrogens is 5. The number of para-hydroxylation sites is 1. The molecule has 3 aromatic heterocycles. The summed E-state index contributed by atoms with van der Waals surface area (Å²) in [5.74, 6) is -0.332. The lowest BCUT2D eigenvalue weighted by atomic mass is 10.2. The topological polar surface area (TPSA) is 85.6 Å². The number of thiazole rings is 1. The number of nitrogens with zero attached hydrogens (tertiary/aromatic N) is 5. The van der Waals surface area contributed by atoms with Gasteiger partial charge >= 0.3 is 0 Å². The second-order valence-electron chi connectivity index (χ2n) is 5.08. The molecule has 0 spiro atoms. The molecule has 0 aliphatic rings. The Hall–Kier alpha value is -3.13. The van der Waals surface area contributed by atoms with Gasteiger partial charge in [-0.3, -0.25) is 15.1 Å². The number of carbonyl (C=O) groups is 1. The van der Waals surface area contributed by atoms with Crippen LogP contribution in [0, 0.1) is 6.92 Å². The maximum Gasteiger partial charge on any atom is 0.279 e. The Kier molecular flexibility index (Phi) is 3.51. The third-order valence-corrected chi connectivity index (χ3v) is 4.29. The predicted octanol–water partition coefficient (Wildman–Crippen LogP) is 2.83. The Labute approximate surface area is 141 Å². The molecular weight excluding hydrogens is 324 g/mol. The Balaban J connectivity index is 1.75. The van der Waals surface area contributed by atoms with Crippen LogP contribution >= 0.6 is 11.3 Å². The number of pyridine rings is 1. The molecule has 1 aromatic carbocycles. The van der Waals surface area contributed by atoms with E-state index in [0.29, 0.717) is 10.8 Å². The Morgan fingerprint density at radius 3 is 2.88 bits per heavy atom. The highest BCUT2D eigenvalue weighted by Gasteiger charge is 2.19. The van der Waals surface area contributed by atoms with Crippen molar-refractivity contribution in [3.05, 3.63) is 59.5 Å². The zero-order valence-electron chi connectivity index (χ0n) is 12.7. The summed E-state index contributed by atoms with van der Waals surface area (Å²) < 4.78 is 1.63. The lowest BCUT2D eigenvalue weighted by Gasteiger charge is -2.07. The fraction of sp³-hybridized carbons (Fsp3) is 0.0625. The summed E-state index contributed by atoms with van der Waals surface area (Å²) in [4.78, 5) is 20.8. The van der Waals surface area contributed by atoms with Gasteiger partial charge < -0.3 is 0 Å². The van der Waals surface area contributed by atoms with Gasteiger partial charge in [0, 0.05) is 23.2 Å². The second kappa shape index (κ2) is 5.82. The average Bonchev–Trinajstić information content (AvgIpc) is 3.24. The zero-order chi connectivity index (χ0) is 16.5. The van der Waals surface area contributed by atoms with Crippen LogP contribution < -0.4 is 5.32 Å². The number of hydrogen-bond donors (Lipinski definition) is 1. The van der Waals surface area contributed by atoms with Crippen molar-refractivity contribution in [1.82, 2.24) is 25.0 Å². The molecule has 0 atom stereocenters. The van der Waals surface area contributed by atoms with E-state index in [-0.39, 0.29) is 11.6 Å². The molecule has 118 valence electrons. The number of hydrogen-bond acceptors (Lipinski definition) is 6. The molecule has 8 heteroatoms. The molecule has 1 amide bonds. The molecule has 0 unspecified atom stereocenters. The third kappa shape index (κ3) is 2.42. The summed E-state index contributed by atoms with van der Waals surface area (Å²) in [6.45, 7) is 1.80. The minimum absolute atomic E-state index is 0.262. The van der Waals surface area contributed by atoms with E-state index in [1.165, 1.54) is 11.3 Å². The fourth-order valence-electron chi connectivity index (χ4n) is 2.47. The van der Waals surface area contributed by atoms with E-state index in [2.05, 4.69) is 25.6 Å². The Morgan fingerprint density at radius 2 is 2.04 bits per heavy atom. The van der Waals surface area contributed by atoms with Crippen molar-refractivity contribution in [2.75, 3.05) is 5.32 Å². The van der Waals surface area contributed by atoms with E-state index >= 15 is 0 Å². The van der Waals surface area contributed by atoms with Crippen LogP contribution in [0.5, 0.6) is 0 Å². The monoisotopic (exact) mass is 336 g/mol. The highest BCUT2D eigenvalue weighted by atomic mass is 32.1. The number of rotatable bonds is 3. The van der Waals surface area contributed by atoms with Crippen LogP contribution in [0.2, 0.25) is 0 Å². The SMILES string of the molecule is Cc1c(C(=O)Nc2nccs2)nnn1-c1cccc2cccnc12. The molecule has 7 nitrogen and oxygen atoms in total. The van der Waals surface area contributed by atoms with E-state index in [4.69, 9.17) is 0 Å². The maximum atomic E-state index is 12.4. The summed E-state index contributed by atoms with van der Waals surface area (Å²) in [7, 11) is 0. The molecule has 0 aliphatic heterocycles. The maximum absolute atomic E-state index is 12.4.